The lowest BCUT2D eigenvalue weighted by Crippen LogP contribution is -2.42. The minimum Gasteiger partial charge on any atom is -0.324 e. The maximum Gasteiger partial charge on any atom is 0.325 e. The minimum absolute atomic E-state index is 0.0732. The summed E-state index contributed by atoms with van der Waals surface area (Å²) in [5.74, 6) is -3.53. The molecular weight excluding hydrogens is 428 g/mol. The SMILES string of the molecule is CCc1ccc(Cl)c(CC)c1NC(=O)CN1C(=O)N[C@](C)(c2ccc(F)c(F)c2)C1=O. The van der Waals surface area contributed by atoms with Gasteiger partial charge in [0.1, 0.15) is 12.1 Å². The third kappa shape index (κ3) is 4.12. The Kier molecular flexibility index (Phi) is 6.31. The molecule has 0 spiro atoms. The highest BCUT2D eigenvalue weighted by Crippen LogP contribution is 2.31. The first-order chi connectivity index (χ1) is 14.6. The number of nitrogens with one attached hydrogen (secondary N) is 2. The van der Waals surface area contributed by atoms with E-state index < -0.39 is 41.6 Å². The number of carbonyl (C=O) groups excluding carboxylic acids is 3. The van der Waals surface area contributed by atoms with Gasteiger partial charge in [-0.25, -0.2) is 13.6 Å². The largest absolute Gasteiger partial charge is 0.325 e. The third-order valence-electron chi connectivity index (χ3n) is 5.41. The summed E-state index contributed by atoms with van der Waals surface area (Å²) in [6.45, 7) is 4.67. The number of imide groups is 1. The second-order valence-corrected chi connectivity index (χ2v) is 7.80. The van der Waals surface area contributed by atoms with Gasteiger partial charge in [-0.1, -0.05) is 37.6 Å². The molecule has 6 nitrogen and oxygen atoms in total. The van der Waals surface area contributed by atoms with E-state index in [1.54, 1.807) is 6.07 Å². The smallest absolute Gasteiger partial charge is 0.324 e. The van der Waals surface area contributed by atoms with Gasteiger partial charge in [-0.05, 0) is 54.7 Å². The summed E-state index contributed by atoms with van der Waals surface area (Å²) in [6.07, 6.45) is 1.23. The van der Waals surface area contributed by atoms with Crippen molar-refractivity contribution >= 4 is 35.1 Å². The van der Waals surface area contributed by atoms with E-state index in [1.165, 1.54) is 13.0 Å². The first kappa shape index (κ1) is 22.7. The van der Waals surface area contributed by atoms with Crippen LogP contribution in [0.25, 0.3) is 0 Å². The normalized spacial score (nSPS) is 18.3. The number of carbonyl (C=O) groups is 3. The summed E-state index contributed by atoms with van der Waals surface area (Å²) in [6, 6.07) is 5.72. The van der Waals surface area contributed by atoms with Crippen molar-refractivity contribution in [2.45, 2.75) is 39.2 Å². The minimum atomic E-state index is -1.62. The van der Waals surface area contributed by atoms with Crippen molar-refractivity contribution in [2.24, 2.45) is 0 Å². The van der Waals surface area contributed by atoms with E-state index >= 15 is 0 Å². The Labute approximate surface area is 183 Å². The number of amides is 4. The average Bonchev–Trinajstić information content (AvgIpc) is 2.94. The van der Waals surface area contributed by atoms with Crippen LogP contribution in [0.3, 0.4) is 0 Å². The molecule has 4 amide bonds. The third-order valence-corrected chi connectivity index (χ3v) is 5.77. The molecule has 164 valence electrons. The van der Waals surface area contributed by atoms with Crippen LogP contribution >= 0.6 is 11.6 Å². The van der Waals surface area contributed by atoms with Gasteiger partial charge in [0.2, 0.25) is 5.91 Å². The van der Waals surface area contributed by atoms with Crippen LogP contribution < -0.4 is 10.6 Å². The Morgan fingerprint density at radius 3 is 2.45 bits per heavy atom. The zero-order chi connectivity index (χ0) is 22.9. The number of anilines is 1. The average molecular weight is 450 g/mol. The van der Waals surface area contributed by atoms with Crippen LogP contribution in [0, 0.1) is 11.6 Å². The molecule has 1 aliphatic rings. The maximum absolute atomic E-state index is 13.7. The lowest BCUT2D eigenvalue weighted by atomic mass is 9.92. The van der Waals surface area contributed by atoms with Gasteiger partial charge < -0.3 is 10.6 Å². The van der Waals surface area contributed by atoms with Crippen molar-refractivity contribution in [2.75, 3.05) is 11.9 Å². The molecule has 0 aromatic heterocycles. The predicted molar refractivity (Wildman–Crippen MR) is 113 cm³/mol. The number of nitrogens with zero attached hydrogens (tertiary/aromatic N) is 1. The number of rotatable bonds is 6. The lowest BCUT2D eigenvalue weighted by molar-refractivity contribution is -0.133. The quantitative estimate of drug-likeness (QED) is 0.650. The van der Waals surface area contributed by atoms with Crippen LogP contribution in [0.4, 0.5) is 19.3 Å². The zero-order valence-electron chi connectivity index (χ0n) is 17.3. The van der Waals surface area contributed by atoms with Crippen molar-refractivity contribution in [3.63, 3.8) is 0 Å². The van der Waals surface area contributed by atoms with Crippen molar-refractivity contribution in [1.29, 1.82) is 0 Å². The summed E-state index contributed by atoms with van der Waals surface area (Å²) in [4.78, 5) is 38.9. The standard InChI is InChI=1S/C22H22ClF2N3O3/c1-4-12-6-8-15(23)14(5-2)19(12)26-18(29)11-28-20(30)22(3,27-21(28)31)13-7-9-16(24)17(25)10-13/h6-10H,4-5,11H2,1-3H3,(H,26,29)(H,27,31)/t22-/m1/s1. The van der Waals surface area contributed by atoms with Gasteiger partial charge in [-0.15, -0.1) is 0 Å². The van der Waals surface area contributed by atoms with E-state index in [4.69, 9.17) is 11.6 Å². The number of benzene rings is 2. The molecule has 31 heavy (non-hydrogen) atoms. The fourth-order valence-corrected chi connectivity index (χ4v) is 3.92. The summed E-state index contributed by atoms with van der Waals surface area (Å²) in [5.41, 5.74) is 0.657. The summed E-state index contributed by atoms with van der Waals surface area (Å²) >= 11 is 6.25. The Hall–Kier alpha value is -3.00. The van der Waals surface area contributed by atoms with Gasteiger partial charge in [0.15, 0.2) is 11.6 Å². The molecule has 1 heterocycles. The van der Waals surface area contributed by atoms with Gasteiger partial charge in [-0.3, -0.25) is 14.5 Å². The van der Waals surface area contributed by atoms with Crippen molar-refractivity contribution in [3.8, 4) is 0 Å². The first-order valence-corrected chi connectivity index (χ1v) is 10.2. The number of hydrogen-bond acceptors (Lipinski definition) is 3. The highest BCUT2D eigenvalue weighted by atomic mass is 35.5. The van der Waals surface area contributed by atoms with Gasteiger partial charge in [0, 0.05) is 10.7 Å². The summed E-state index contributed by atoms with van der Waals surface area (Å²) in [5, 5.41) is 5.74. The fraction of sp³-hybridized carbons (Fsp3) is 0.318. The number of urea groups is 1. The Bertz CT molecular complexity index is 1080. The summed E-state index contributed by atoms with van der Waals surface area (Å²) in [7, 11) is 0. The fourth-order valence-electron chi connectivity index (χ4n) is 3.63. The Morgan fingerprint density at radius 1 is 1.13 bits per heavy atom. The summed E-state index contributed by atoms with van der Waals surface area (Å²) < 4.78 is 26.9. The highest BCUT2D eigenvalue weighted by Gasteiger charge is 2.49. The zero-order valence-corrected chi connectivity index (χ0v) is 18.1. The van der Waals surface area contributed by atoms with E-state index in [0.29, 0.717) is 23.6 Å². The van der Waals surface area contributed by atoms with Gasteiger partial charge in [-0.2, -0.15) is 0 Å². The molecule has 3 rings (SSSR count). The number of aryl methyl sites for hydroxylation is 1. The van der Waals surface area contributed by atoms with Crippen molar-refractivity contribution in [3.05, 3.63) is 63.7 Å². The van der Waals surface area contributed by atoms with Gasteiger partial charge in [0.25, 0.3) is 5.91 Å². The van der Waals surface area contributed by atoms with E-state index in [0.717, 1.165) is 28.2 Å². The number of hydrogen-bond donors (Lipinski definition) is 2. The van der Waals surface area contributed by atoms with E-state index in [9.17, 15) is 23.2 Å². The molecule has 0 aliphatic carbocycles. The van der Waals surface area contributed by atoms with Crippen molar-refractivity contribution < 1.29 is 23.2 Å². The molecule has 1 atom stereocenters. The second-order valence-electron chi connectivity index (χ2n) is 7.39. The molecule has 2 aromatic rings. The van der Waals surface area contributed by atoms with Gasteiger partial charge >= 0.3 is 6.03 Å². The predicted octanol–water partition coefficient (Wildman–Crippen LogP) is 4.15. The van der Waals surface area contributed by atoms with Crippen LogP contribution in [-0.4, -0.2) is 29.3 Å². The molecule has 1 aliphatic heterocycles. The molecular formula is C22H22ClF2N3O3. The molecule has 2 aromatic carbocycles. The topological polar surface area (TPSA) is 78.5 Å². The van der Waals surface area contributed by atoms with Crippen LogP contribution in [0.15, 0.2) is 30.3 Å². The lowest BCUT2D eigenvalue weighted by Gasteiger charge is -2.22. The molecule has 9 heteroatoms. The molecule has 0 radical (unpaired) electrons. The highest BCUT2D eigenvalue weighted by molar-refractivity contribution is 6.32. The van der Waals surface area contributed by atoms with Crippen LogP contribution in [0.2, 0.25) is 5.02 Å². The Balaban J connectivity index is 1.83. The van der Waals surface area contributed by atoms with E-state index in [-0.39, 0.29) is 5.56 Å². The van der Waals surface area contributed by atoms with Crippen LogP contribution in [0.5, 0.6) is 0 Å². The monoisotopic (exact) mass is 449 g/mol. The molecule has 0 saturated carbocycles. The Morgan fingerprint density at radius 2 is 1.84 bits per heavy atom. The second kappa shape index (κ2) is 8.63. The van der Waals surface area contributed by atoms with E-state index in [2.05, 4.69) is 10.6 Å². The van der Waals surface area contributed by atoms with Crippen LogP contribution in [0.1, 0.15) is 37.5 Å². The van der Waals surface area contributed by atoms with Crippen LogP contribution in [-0.2, 0) is 28.0 Å². The molecule has 2 N–H and O–H groups in total. The van der Waals surface area contributed by atoms with Gasteiger partial charge in [0.05, 0.1) is 0 Å². The molecule has 0 bridgehead atoms. The number of halogens is 3. The molecule has 0 unspecified atom stereocenters. The van der Waals surface area contributed by atoms with Crippen molar-refractivity contribution in [1.82, 2.24) is 10.2 Å². The first-order valence-electron chi connectivity index (χ1n) is 9.82. The maximum atomic E-state index is 13.7. The molecule has 1 saturated heterocycles. The molecule has 1 fully saturated rings. The van der Waals surface area contributed by atoms with E-state index in [1.807, 2.05) is 19.9 Å².